The molecule has 0 heterocycles. The zero-order chi connectivity index (χ0) is 27.6. The molecule has 3 atom stereocenters. The van der Waals surface area contributed by atoms with Crippen LogP contribution in [0.4, 0.5) is 0 Å². The summed E-state index contributed by atoms with van der Waals surface area (Å²) in [6.45, 7) is 7.05. The van der Waals surface area contributed by atoms with Crippen LogP contribution in [-0.4, -0.2) is 61.1 Å². The number of aliphatic hydroxyl groups is 1. The molecule has 0 aromatic carbocycles. The summed E-state index contributed by atoms with van der Waals surface area (Å²) in [5, 5.41) is 10.3. The molecule has 38 heavy (non-hydrogen) atoms. The first kappa shape index (κ1) is 32.3. The lowest BCUT2D eigenvalue weighted by atomic mass is 9.84. The summed E-state index contributed by atoms with van der Waals surface area (Å²) in [6.07, 6.45) is 14.0. The van der Waals surface area contributed by atoms with Gasteiger partial charge >= 0.3 is 17.9 Å². The van der Waals surface area contributed by atoms with Crippen molar-refractivity contribution in [3.63, 3.8) is 0 Å². The normalized spacial score (nSPS) is 25.4. The minimum Gasteiger partial charge on any atom is -0.465 e. The molecule has 3 unspecified atom stereocenters. The Bertz CT molecular complexity index is 700. The summed E-state index contributed by atoms with van der Waals surface area (Å²) in [5.41, 5.74) is 0. The minimum absolute atomic E-state index is 0.131. The van der Waals surface area contributed by atoms with Gasteiger partial charge in [0.2, 0.25) is 0 Å². The number of rotatable bonds is 18. The Morgan fingerprint density at radius 2 is 1.37 bits per heavy atom. The molecule has 2 aliphatic rings. The number of hydrogen-bond donors (Lipinski definition) is 1. The fourth-order valence-corrected chi connectivity index (χ4v) is 5.23. The van der Waals surface area contributed by atoms with E-state index in [4.69, 9.17) is 18.9 Å². The van der Waals surface area contributed by atoms with Crippen molar-refractivity contribution in [1.29, 1.82) is 0 Å². The van der Waals surface area contributed by atoms with Gasteiger partial charge in [-0.15, -0.1) is 0 Å². The van der Waals surface area contributed by atoms with Crippen LogP contribution in [0.2, 0.25) is 0 Å². The standard InChI is InChI=1S/C30H50O8/c1-3-5-6-7-12-21-37-30(34)26-22-25(17-18-27(26)31)38-29(33)23-13-15-24(16-14-23)35-19-10-8-9-11-20-36-28(32)4-2/h4,23-27,31H,2-3,5-22H2,1H3. The Morgan fingerprint density at radius 3 is 2.03 bits per heavy atom. The fourth-order valence-electron chi connectivity index (χ4n) is 5.23. The van der Waals surface area contributed by atoms with Gasteiger partial charge in [0.15, 0.2) is 0 Å². The third-order valence-corrected chi connectivity index (χ3v) is 7.65. The molecule has 2 aliphatic carbocycles. The van der Waals surface area contributed by atoms with Crippen LogP contribution in [0.1, 0.15) is 110 Å². The zero-order valence-corrected chi connectivity index (χ0v) is 23.4. The quantitative estimate of drug-likeness (QED) is 0.106. The molecule has 2 rings (SSSR count). The van der Waals surface area contributed by atoms with E-state index in [1.54, 1.807) is 0 Å². The van der Waals surface area contributed by atoms with Gasteiger partial charge in [-0.05, 0) is 64.2 Å². The third-order valence-electron chi connectivity index (χ3n) is 7.65. The Labute approximate surface area is 228 Å². The maximum Gasteiger partial charge on any atom is 0.330 e. The van der Waals surface area contributed by atoms with Gasteiger partial charge in [-0.1, -0.05) is 45.6 Å². The first-order valence-corrected chi connectivity index (χ1v) is 14.9. The summed E-state index contributed by atoms with van der Waals surface area (Å²) in [7, 11) is 0. The summed E-state index contributed by atoms with van der Waals surface area (Å²) >= 11 is 0. The average molecular weight is 539 g/mol. The van der Waals surface area contributed by atoms with Crippen molar-refractivity contribution in [3.05, 3.63) is 12.7 Å². The number of unbranched alkanes of at least 4 members (excludes halogenated alkanes) is 7. The largest absolute Gasteiger partial charge is 0.465 e. The van der Waals surface area contributed by atoms with Crippen LogP contribution in [0.15, 0.2) is 12.7 Å². The minimum atomic E-state index is -0.736. The van der Waals surface area contributed by atoms with E-state index >= 15 is 0 Å². The maximum absolute atomic E-state index is 12.8. The molecule has 0 aliphatic heterocycles. The SMILES string of the molecule is C=CC(=O)OCCCCCCOC1CCC(C(=O)OC2CCC(O)C(C(=O)OCCCCCCC)C2)CC1. The Hall–Kier alpha value is -1.93. The van der Waals surface area contributed by atoms with E-state index in [1.807, 2.05) is 0 Å². The molecule has 8 nitrogen and oxygen atoms in total. The average Bonchev–Trinajstić information content (AvgIpc) is 2.93. The van der Waals surface area contributed by atoms with Crippen LogP contribution in [0.25, 0.3) is 0 Å². The van der Waals surface area contributed by atoms with Gasteiger partial charge in [0, 0.05) is 19.1 Å². The molecule has 2 saturated carbocycles. The van der Waals surface area contributed by atoms with E-state index in [0.717, 1.165) is 70.6 Å². The van der Waals surface area contributed by atoms with Gasteiger partial charge in [0.1, 0.15) is 6.10 Å². The van der Waals surface area contributed by atoms with Crippen molar-refractivity contribution in [3.8, 4) is 0 Å². The topological polar surface area (TPSA) is 108 Å². The van der Waals surface area contributed by atoms with Crippen LogP contribution in [-0.2, 0) is 33.3 Å². The molecule has 0 aromatic rings. The van der Waals surface area contributed by atoms with E-state index in [0.29, 0.717) is 39.1 Å². The highest BCUT2D eigenvalue weighted by Crippen LogP contribution is 2.32. The van der Waals surface area contributed by atoms with E-state index in [1.165, 1.54) is 18.9 Å². The molecule has 0 bridgehead atoms. The van der Waals surface area contributed by atoms with Crippen molar-refractivity contribution >= 4 is 17.9 Å². The van der Waals surface area contributed by atoms with E-state index < -0.39 is 12.0 Å². The van der Waals surface area contributed by atoms with Gasteiger partial charge in [-0.2, -0.15) is 0 Å². The van der Waals surface area contributed by atoms with Crippen LogP contribution < -0.4 is 0 Å². The van der Waals surface area contributed by atoms with Gasteiger partial charge in [-0.25, -0.2) is 4.79 Å². The Balaban J connectivity index is 1.57. The van der Waals surface area contributed by atoms with Crippen LogP contribution in [0.3, 0.4) is 0 Å². The van der Waals surface area contributed by atoms with Crippen LogP contribution in [0, 0.1) is 11.8 Å². The van der Waals surface area contributed by atoms with Crippen molar-refractivity contribution in [2.24, 2.45) is 11.8 Å². The molecule has 8 heteroatoms. The zero-order valence-electron chi connectivity index (χ0n) is 23.4. The predicted octanol–water partition coefficient (Wildman–Crippen LogP) is 5.44. The Morgan fingerprint density at radius 1 is 0.763 bits per heavy atom. The second-order valence-corrected chi connectivity index (χ2v) is 10.8. The second kappa shape index (κ2) is 19.2. The van der Waals surface area contributed by atoms with Gasteiger partial charge < -0.3 is 24.1 Å². The first-order chi connectivity index (χ1) is 18.4. The summed E-state index contributed by atoms with van der Waals surface area (Å²) in [5.74, 6) is -1.69. The van der Waals surface area contributed by atoms with E-state index in [2.05, 4.69) is 13.5 Å². The monoisotopic (exact) mass is 538 g/mol. The molecule has 0 spiro atoms. The number of carbonyl (C=O) groups excluding carboxylic acids is 3. The van der Waals surface area contributed by atoms with Crippen molar-refractivity contribution in [2.45, 2.75) is 128 Å². The Kier molecular flexibility index (Phi) is 16.3. The summed E-state index contributed by atoms with van der Waals surface area (Å²) in [4.78, 5) is 36.3. The summed E-state index contributed by atoms with van der Waals surface area (Å²) in [6, 6.07) is 0. The van der Waals surface area contributed by atoms with Crippen LogP contribution >= 0.6 is 0 Å². The predicted molar refractivity (Wildman–Crippen MR) is 144 cm³/mol. The number of carbonyl (C=O) groups is 3. The van der Waals surface area contributed by atoms with E-state index in [9.17, 15) is 19.5 Å². The molecular weight excluding hydrogens is 488 g/mol. The maximum atomic E-state index is 12.8. The molecule has 0 amide bonds. The second-order valence-electron chi connectivity index (χ2n) is 10.8. The fraction of sp³-hybridized carbons (Fsp3) is 0.833. The number of hydrogen-bond acceptors (Lipinski definition) is 8. The number of ether oxygens (including phenoxy) is 4. The lowest BCUT2D eigenvalue weighted by Gasteiger charge is -2.33. The molecule has 2 fully saturated rings. The lowest BCUT2D eigenvalue weighted by molar-refractivity contribution is -0.167. The number of aliphatic hydroxyl groups excluding tert-OH is 1. The van der Waals surface area contributed by atoms with Gasteiger partial charge in [0.25, 0.3) is 0 Å². The third kappa shape index (κ3) is 12.7. The highest BCUT2D eigenvalue weighted by Gasteiger charge is 2.38. The van der Waals surface area contributed by atoms with Crippen molar-refractivity contribution < 1.29 is 38.4 Å². The number of esters is 3. The van der Waals surface area contributed by atoms with Gasteiger partial charge in [0.05, 0.1) is 37.3 Å². The molecule has 0 saturated heterocycles. The first-order valence-electron chi connectivity index (χ1n) is 14.9. The smallest absolute Gasteiger partial charge is 0.330 e. The van der Waals surface area contributed by atoms with E-state index in [-0.39, 0.29) is 36.0 Å². The van der Waals surface area contributed by atoms with Crippen LogP contribution in [0.5, 0.6) is 0 Å². The molecule has 0 aromatic heterocycles. The highest BCUT2D eigenvalue weighted by atomic mass is 16.5. The summed E-state index contributed by atoms with van der Waals surface area (Å²) < 4.78 is 22.2. The lowest BCUT2D eigenvalue weighted by Crippen LogP contribution is -2.40. The molecule has 218 valence electrons. The molecular formula is C30H50O8. The van der Waals surface area contributed by atoms with Crippen molar-refractivity contribution in [1.82, 2.24) is 0 Å². The molecule has 1 N–H and O–H groups in total. The highest BCUT2D eigenvalue weighted by molar-refractivity contribution is 5.81. The van der Waals surface area contributed by atoms with Gasteiger partial charge in [-0.3, -0.25) is 9.59 Å². The molecule has 0 radical (unpaired) electrons. The van der Waals surface area contributed by atoms with Crippen molar-refractivity contribution in [2.75, 3.05) is 19.8 Å².